The molecule has 144 valence electrons. The van der Waals surface area contributed by atoms with Crippen molar-refractivity contribution in [2.24, 2.45) is 0 Å². The zero-order valence-corrected chi connectivity index (χ0v) is 17.2. The highest BCUT2D eigenvalue weighted by Gasteiger charge is 2.19. The molecule has 0 N–H and O–H groups in total. The summed E-state index contributed by atoms with van der Waals surface area (Å²) < 4.78 is 6.45. The van der Waals surface area contributed by atoms with E-state index in [0.717, 1.165) is 37.0 Å². The molecule has 4 nitrogen and oxygen atoms in total. The first kappa shape index (κ1) is 19.2. The van der Waals surface area contributed by atoms with E-state index in [0.29, 0.717) is 22.3 Å². The summed E-state index contributed by atoms with van der Waals surface area (Å²) in [5, 5.41) is 0.626. The normalized spacial score (nSPS) is 15.1. The number of rotatable bonds is 4. The van der Waals surface area contributed by atoms with E-state index in [1.165, 1.54) is 5.56 Å². The number of para-hydroxylation sites is 1. The Morgan fingerprint density at radius 1 is 1.00 bits per heavy atom. The number of thiocarbonyl (C=S) groups is 1. The molecular weight excluding hydrogens is 388 g/mol. The summed E-state index contributed by atoms with van der Waals surface area (Å²) in [7, 11) is 0. The van der Waals surface area contributed by atoms with Crippen LogP contribution in [0.2, 0.25) is 0 Å². The number of hydrogen-bond donors (Lipinski definition) is 0. The van der Waals surface area contributed by atoms with E-state index in [9.17, 15) is 4.79 Å². The maximum Gasteiger partial charge on any atom is 0.196 e. The van der Waals surface area contributed by atoms with Gasteiger partial charge in [-0.1, -0.05) is 66.4 Å². The Balaban J connectivity index is 1.30. The van der Waals surface area contributed by atoms with Crippen LogP contribution in [0.4, 0.5) is 0 Å². The first-order chi connectivity index (χ1) is 13.7. The molecule has 4 rings (SSSR count). The Labute approximate surface area is 174 Å². The molecule has 2 heterocycles. The number of nitrogens with zero attached hydrogens (tertiary/aromatic N) is 2. The van der Waals surface area contributed by atoms with Crippen LogP contribution in [0, 0.1) is 0 Å². The molecule has 2 aromatic carbocycles. The summed E-state index contributed by atoms with van der Waals surface area (Å²) in [6.45, 7) is 4.81. The lowest BCUT2D eigenvalue weighted by Crippen LogP contribution is -2.47. The zero-order chi connectivity index (χ0) is 19.3. The highest BCUT2D eigenvalue weighted by Crippen LogP contribution is 2.19. The fraction of sp³-hybridized carbons (Fsp3) is 0.273. The Morgan fingerprint density at radius 3 is 2.50 bits per heavy atom. The van der Waals surface area contributed by atoms with Crippen molar-refractivity contribution in [2.75, 3.05) is 26.2 Å². The van der Waals surface area contributed by atoms with Gasteiger partial charge in [0, 0.05) is 44.0 Å². The molecule has 1 aliphatic heterocycles. The first-order valence-electron chi connectivity index (χ1n) is 9.38. The van der Waals surface area contributed by atoms with Crippen LogP contribution in [0.1, 0.15) is 11.1 Å². The van der Waals surface area contributed by atoms with Crippen LogP contribution in [-0.4, -0.2) is 40.3 Å². The molecule has 0 atom stereocenters. The highest BCUT2D eigenvalue weighted by molar-refractivity contribution is 8.22. The van der Waals surface area contributed by atoms with Crippen LogP contribution in [0.25, 0.3) is 11.0 Å². The van der Waals surface area contributed by atoms with Crippen molar-refractivity contribution in [2.45, 2.75) is 12.3 Å². The van der Waals surface area contributed by atoms with Crippen LogP contribution in [0.3, 0.4) is 0 Å². The van der Waals surface area contributed by atoms with E-state index in [2.05, 4.69) is 34.1 Å². The maximum absolute atomic E-state index is 12.6. The minimum atomic E-state index is 0.0323. The summed E-state index contributed by atoms with van der Waals surface area (Å²) >= 11 is 7.16. The molecule has 0 unspecified atom stereocenters. The molecule has 0 bridgehead atoms. The van der Waals surface area contributed by atoms with Crippen molar-refractivity contribution < 1.29 is 4.42 Å². The Kier molecular flexibility index (Phi) is 6.10. The van der Waals surface area contributed by atoms with Crippen molar-refractivity contribution in [3.8, 4) is 0 Å². The van der Waals surface area contributed by atoms with Crippen LogP contribution in [0.15, 0.2) is 70.1 Å². The SMILES string of the molecule is O=c1c(CSC(=S)N2CCN(Cc3ccccc3)CC2)coc2ccccc12. The fourth-order valence-electron chi connectivity index (χ4n) is 3.38. The molecule has 0 saturated carbocycles. The van der Waals surface area contributed by atoms with E-state index in [1.54, 1.807) is 24.1 Å². The van der Waals surface area contributed by atoms with Crippen LogP contribution in [0.5, 0.6) is 0 Å². The van der Waals surface area contributed by atoms with Crippen LogP contribution in [-0.2, 0) is 12.3 Å². The van der Waals surface area contributed by atoms with Gasteiger partial charge in [0.1, 0.15) is 9.90 Å². The van der Waals surface area contributed by atoms with E-state index >= 15 is 0 Å². The molecule has 6 heteroatoms. The van der Waals surface area contributed by atoms with Crippen molar-refractivity contribution in [1.82, 2.24) is 9.80 Å². The lowest BCUT2D eigenvalue weighted by atomic mass is 10.2. The van der Waals surface area contributed by atoms with Crippen molar-refractivity contribution in [3.05, 3.63) is 82.2 Å². The van der Waals surface area contributed by atoms with Gasteiger partial charge in [0.2, 0.25) is 0 Å². The molecule has 0 amide bonds. The van der Waals surface area contributed by atoms with Gasteiger partial charge < -0.3 is 9.32 Å². The Morgan fingerprint density at radius 2 is 1.71 bits per heavy atom. The Hall–Kier alpha value is -2.15. The van der Waals surface area contributed by atoms with Gasteiger partial charge in [-0.05, 0) is 17.7 Å². The lowest BCUT2D eigenvalue weighted by Gasteiger charge is -2.35. The third-order valence-corrected chi connectivity index (χ3v) is 6.55. The molecule has 1 saturated heterocycles. The molecule has 0 radical (unpaired) electrons. The maximum atomic E-state index is 12.6. The van der Waals surface area contributed by atoms with E-state index in [-0.39, 0.29) is 5.43 Å². The zero-order valence-electron chi connectivity index (χ0n) is 15.5. The van der Waals surface area contributed by atoms with Gasteiger partial charge in [-0.15, -0.1) is 0 Å². The van der Waals surface area contributed by atoms with E-state index in [4.69, 9.17) is 16.6 Å². The number of benzene rings is 2. The predicted octanol–water partition coefficient (Wildman–Crippen LogP) is 4.13. The van der Waals surface area contributed by atoms with Gasteiger partial charge in [0.05, 0.1) is 11.6 Å². The largest absolute Gasteiger partial charge is 0.464 e. The lowest BCUT2D eigenvalue weighted by molar-refractivity contribution is 0.179. The molecule has 28 heavy (non-hydrogen) atoms. The van der Waals surface area contributed by atoms with Crippen LogP contribution >= 0.6 is 24.0 Å². The molecule has 1 fully saturated rings. The van der Waals surface area contributed by atoms with Crippen molar-refractivity contribution in [3.63, 3.8) is 0 Å². The predicted molar refractivity (Wildman–Crippen MR) is 120 cm³/mol. The Bertz CT molecular complexity index is 1010. The van der Waals surface area contributed by atoms with Gasteiger partial charge in [0.25, 0.3) is 0 Å². The monoisotopic (exact) mass is 410 g/mol. The fourth-order valence-corrected chi connectivity index (χ4v) is 4.58. The van der Waals surface area contributed by atoms with Crippen molar-refractivity contribution in [1.29, 1.82) is 0 Å². The number of fused-ring (bicyclic) bond motifs is 1. The second-order valence-electron chi connectivity index (χ2n) is 6.89. The van der Waals surface area contributed by atoms with Gasteiger partial charge in [-0.2, -0.15) is 0 Å². The van der Waals surface area contributed by atoms with E-state index < -0.39 is 0 Å². The third kappa shape index (κ3) is 4.46. The standard InChI is InChI=1S/C22H22N2O2S2/c25-21-18(15-26-20-9-5-4-8-19(20)21)16-28-22(27)24-12-10-23(11-13-24)14-17-6-2-1-3-7-17/h1-9,15H,10-14,16H2. The average molecular weight is 411 g/mol. The molecular formula is C22H22N2O2S2. The first-order valence-corrected chi connectivity index (χ1v) is 10.8. The van der Waals surface area contributed by atoms with E-state index in [1.807, 2.05) is 24.3 Å². The van der Waals surface area contributed by atoms with Gasteiger partial charge >= 0.3 is 0 Å². The quantitative estimate of drug-likeness (QED) is 0.602. The second kappa shape index (κ2) is 8.90. The molecule has 1 aromatic heterocycles. The highest BCUT2D eigenvalue weighted by atomic mass is 32.2. The molecule has 3 aromatic rings. The van der Waals surface area contributed by atoms with Gasteiger partial charge in [0.15, 0.2) is 5.43 Å². The second-order valence-corrected chi connectivity index (χ2v) is 8.50. The molecule has 0 aliphatic carbocycles. The summed E-state index contributed by atoms with van der Waals surface area (Å²) in [6.07, 6.45) is 1.57. The topological polar surface area (TPSA) is 36.7 Å². The number of hydrogen-bond acceptors (Lipinski definition) is 5. The minimum absolute atomic E-state index is 0.0323. The number of piperazine rings is 1. The molecule has 1 aliphatic rings. The van der Waals surface area contributed by atoms with Crippen LogP contribution < -0.4 is 5.43 Å². The summed E-state index contributed by atoms with van der Waals surface area (Å²) in [4.78, 5) is 17.3. The average Bonchev–Trinajstić information content (AvgIpc) is 2.74. The van der Waals surface area contributed by atoms with Crippen molar-refractivity contribution >= 4 is 39.3 Å². The van der Waals surface area contributed by atoms with Gasteiger partial charge in [-0.25, -0.2) is 0 Å². The number of thioether (sulfide) groups is 1. The van der Waals surface area contributed by atoms with Gasteiger partial charge in [-0.3, -0.25) is 9.69 Å². The third-order valence-electron chi connectivity index (χ3n) is 4.98. The summed E-state index contributed by atoms with van der Waals surface area (Å²) in [6, 6.07) is 17.9. The minimum Gasteiger partial charge on any atom is -0.464 e. The molecule has 0 spiro atoms. The summed E-state index contributed by atoms with van der Waals surface area (Å²) in [5.41, 5.74) is 2.66. The smallest absolute Gasteiger partial charge is 0.196 e. The summed E-state index contributed by atoms with van der Waals surface area (Å²) in [5.74, 6) is 0.538.